The third-order valence-electron chi connectivity index (χ3n) is 2.89. The van der Waals surface area contributed by atoms with Gasteiger partial charge in [-0.1, -0.05) is 12.1 Å². The van der Waals surface area contributed by atoms with Gasteiger partial charge in [-0.2, -0.15) is 0 Å². The Labute approximate surface area is 117 Å². The van der Waals surface area contributed by atoms with Crippen LogP contribution in [0.1, 0.15) is 21.8 Å². The van der Waals surface area contributed by atoms with Gasteiger partial charge in [0.05, 0.1) is 17.2 Å². The molecule has 0 unspecified atom stereocenters. The van der Waals surface area contributed by atoms with Crippen LogP contribution < -0.4 is 4.90 Å². The summed E-state index contributed by atoms with van der Waals surface area (Å²) in [6.45, 7) is 4.99. The maximum atomic E-state index is 5.84. The lowest BCUT2D eigenvalue weighted by molar-refractivity contribution is 0.885. The van der Waals surface area contributed by atoms with Crippen LogP contribution in [0.3, 0.4) is 0 Å². The number of aromatic nitrogens is 1. The van der Waals surface area contributed by atoms with Crippen molar-refractivity contribution in [2.75, 3.05) is 11.9 Å². The Morgan fingerprint density at radius 2 is 2.11 bits per heavy atom. The number of benzene rings is 1. The van der Waals surface area contributed by atoms with Gasteiger partial charge in [0.1, 0.15) is 0 Å². The molecule has 0 N–H and O–H groups in total. The van der Waals surface area contributed by atoms with E-state index in [0.717, 1.165) is 22.8 Å². The lowest BCUT2D eigenvalue weighted by Crippen LogP contribution is -2.17. The predicted molar refractivity (Wildman–Crippen MR) is 79.7 cm³/mol. The minimum absolute atomic E-state index is 0.566. The average molecular weight is 281 g/mol. The molecule has 0 bridgehead atoms. The molecule has 0 aliphatic rings. The number of thiazole rings is 1. The van der Waals surface area contributed by atoms with Crippen LogP contribution in [-0.2, 0) is 12.4 Å². The fourth-order valence-corrected chi connectivity index (χ4v) is 2.81. The molecule has 2 nitrogen and oxygen atoms in total. The predicted octanol–water partition coefficient (Wildman–Crippen LogP) is 4.14. The number of aryl methyl sites for hydroxylation is 2. The molecule has 0 amide bonds. The van der Waals surface area contributed by atoms with E-state index >= 15 is 0 Å². The van der Waals surface area contributed by atoms with Crippen molar-refractivity contribution >= 4 is 28.6 Å². The van der Waals surface area contributed by atoms with Crippen LogP contribution in [0.4, 0.5) is 5.69 Å². The number of hydrogen-bond donors (Lipinski definition) is 0. The maximum absolute atomic E-state index is 5.84. The SMILES string of the molecule is Cc1nc(CN(C)c2ccc(CCl)cc2C)cs1. The number of hydrogen-bond acceptors (Lipinski definition) is 3. The van der Waals surface area contributed by atoms with E-state index < -0.39 is 0 Å². The molecule has 0 saturated carbocycles. The van der Waals surface area contributed by atoms with Crippen LogP contribution in [0.2, 0.25) is 0 Å². The zero-order chi connectivity index (χ0) is 13.1. The van der Waals surface area contributed by atoms with E-state index in [1.165, 1.54) is 11.3 Å². The lowest BCUT2D eigenvalue weighted by atomic mass is 10.1. The van der Waals surface area contributed by atoms with Gasteiger partial charge in [0.15, 0.2) is 0 Å². The fraction of sp³-hybridized carbons (Fsp3) is 0.357. The molecule has 1 aromatic heterocycles. The molecule has 0 spiro atoms. The van der Waals surface area contributed by atoms with E-state index in [0.29, 0.717) is 5.88 Å². The van der Waals surface area contributed by atoms with Gasteiger partial charge in [-0.3, -0.25) is 0 Å². The maximum Gasteiger partial charge on any atom is 0.0898 e. The third kappa shape index (κ3) is 3.03. The zero-order valence-electron chi connectivity index (χ0n) is 10.9. The summed E-state index contributed by atoms with van der Waals surface area (Å²) in [4.78, 5) is 6.72. The zero-order valence-corrected chi connectivity index (χ0v) is 12.5. The second kappa shape index (κ2) is 5.72. The van der Waals surface area contributed by atoms with Crippen LogP contribution in [0.25, 0.3) is 0 Å². The second-order valence-electron chi connectivity index (χ2n) is 4.47. The van der Waals surface area contributed by atoms with Crippen molar-refractivity contribution in [3.05, 3.63) is 45.4 Å². The number of halogens is 1. The molecule has 0 aliphatic carbocycles. The standard InChI is InChI=1S/C14H17ClN2S/c1-10-6-12(7-15)4-5-14(10)17(3)8-13-9-18-11(2)16-13/h4-6,9H,7-8H2,1-3H3. The number of rotatable bonds is 4. The van der Waals surface area contributed by atoms with Crippen molar-refractivity contribution < 1.29 is 0 Å². The number of nitrogens with zero attached hydrogens (tertiary/aromatic N) is 2. The Kier molecular flexibility index (Phi) is 4.25. The van der Waals surface area contributed by atoms with Crippen molar-refractivity contribution in [1.29, 1.82) is 0 Å². The highest BCUT2D eigenvalue weighted by Gasteiger charge is 2.07. The molecular formula is C14H17ClN2S. The Hall–Kier alpha value is -1.06. The molecule has 0 atom stereocenters. The van der Waals surface area contributed by atoms with Gasteiger partial charge in [0, 0.05) is 24.0 Å². The van der Waals surface area contributed by atoms with Gasteiger partial charge in [-0.05, 0) is 31.0 Å². The first kappa shape index (κ1) is 13.4. The van der Waals surface area contributed by atoms with Gasteiger partial charge in [0.2, 0.25) is 0 Å². The molecule has 0 fully saturated rings. The molecule has 2 aromatic rings. The molecular weight excluding hydrogens is 264 g/mol. The van der Waals surface area contributed by atoms with Gasteiger partial charge < -0.3 is 4.90 Å². The Bertz CT molecular complexity index is 536. The molecule has 96 valence electrons. The Morgan fingerprint density at radius 1 is 1.33 bits per heavy atom. The molecule has 0 aliphatic heterocycles. The summed E-state index contributed by atoms with van der Waals surface area (Å²) < 4.78 is 0. The van der Waals surface area contributed by atoms with Crippen molar-refractivity contribution in [2.45, 2.75) is 26.3 Å². The summed E-state index contributed by atoms with van der Waals surface area (Å²) in [6, 6.07) is 6.36. The van der Waals surface area contributed by atoms with Gasteiger partial charge in [-0.25, -0.2) is 4.98 Å². The molecule has 18 heavy (non-hydrogen) atoms. The van der Waals surface area contributed by atoms with Crippen LogP contribution >= 0.6 is 22.9 Å². The number of alkyl halides is 1. The highest BCUT2D eigenvalue weighted by Crippen LogP contribution is 2.23. The minimum atomic E-state index is 0.566. The molecule has 0 saturated heterocycles. The lowest BCUT2D eigenvalue weighted by Gasteiger charge is -2.21. The Balaban J connectivity index is 2.15. The first-order valence-corrected chi connectivity index (χ1v) is 7.29. The third-order valence-corrected chi connectivity index (χ3v) is 4.02. The quantitative estimate of drug-likeness (QED) is 0.783. The monoisotopic (exact) mass is 280 g/mol. The van der Waals surface area contributed by atoms with E-state index in [2.05, 4.69) is 47.4 Å². The molecule has 0 radical (unpaired) electrons. The summed E-state index contributed by atoms with van der Waals surface area (Å²) >= 11 is 7.54. The normalized spacial score (nSPS) is 10.7. The van der Waals surface area contributed by atoms with Crippen LogP contribution in [0, 0.1) is 13.8 Å². The van der Waals surface area contributed by atoms with E-state index in [1.54, 1.807) is 11.3 Å². The largest absolute Gasteiger partial charge is 0.368 e. The second-order valence-corrected chi connectivity index (χ2v) is 5.80. The van der Waals surface area contributed by atoms with Crippen LogP contribution in [-0.4, -0.2) is 12.0 Å². The van der Waals surface area contributed by atoms with E-state index in [9.17, 15) is 0 Å². The summed E-state index contributed by atoms with van der Waals surface area (Å²) in [5.41, 5.74) is 4.77. The first-order chi connectivity index (χ1) is 8.60. The first-order valence-electron chi connectivity index (χ1n) is 5.88. The Morgan fingerprint density at radius 3 is 2.67 bits per heavy atom. The summed E-state index contributed by atoms with van der Waals surface area (Å²) in [5, 5.41) is 3.24. The number of anilines is 1. The van der Waals surface area contributed by atoms with E-state index in [4.69, 9.17) is 11.6 Å². The smallest absolute Gasteiger partial charge is 0.0898 e. The van der Waals surface area contributed by atoms with Crippen molar-refractivity contribution in [3.8, 4) is 0 Å². The van der Waals surface area contributed by atoms with Crippen LogP contribution in [0.15, 0.2) is 23.6 Å². The summed E-state index contributed by atoms with van der Waals surface area (Å²) in [6.07, 6.45) is 0. The van der Waals surface area contributed by atoms with Crippen molar-refractivity contribution in [2.24, 2.45) is 0 Å². The van der Waals surface area contributed by atoms with Gasteiger partial charge >= 0.3 is 0 Å². The summed E-state index contributed by atoms with van der Waals surface area (Å²) in [7, 11) is 2.09. The molecule has 2 rings (SSSR count). The highest BCUT2D eigenvalue weighted by atomic mass is 35.5. The molecule has 1 aromatic carbocycles. The van der Waals surface area contributed by atoms with E-state index in [1.807, 2.05) is 6.92 Å². The fourth-order valence-electron chi connectivity index (χ4n) is 2.04. The van der Waals surface area contributed by atoms with Gasteiger partial charge in [0.25, 0.3) is 0 Å². The highest BCUT2D eigenvalue weighted by molar-refractivity contribution is 7.09. The summed E-state index contributed by atoms with van der Waals surface area (Å²) in [5.74, 6) is 0.566. The van der Waals surface area contributed by atoms with Crippen molar-refractivity contribution in [3.63, 3.8) is 0 Å². The van der Waals surface area contributed by atoms with Gasteiger partial charge in [-0.15, -0.1) is 22.9 Å². The van der Waals surface area contributed by atoms with Crippen LogP contribution in [0.5, 0.6) is 0 Å². The topological polar surface area (TPSA) is 16.1 Å². The van der Waals surface area contributed by atoms with Crippen molar-refractivity contribution in [1.82, 2.24) is 4.98 Å². The minimum Gasteiger partial charge on any atom is -0.368 e. The molecule has 1 heterocycles. The average Bonchev–Trinajstić information content (AvgIpc) is 2.74. The molecule has 4 heteroatoms. The van der Waals surface area contributed by atoms with E-state index in [-0.39, 0.29) is 0 Å².